The van der Waals surface area contributed by atoms with Crippen molar-refractivity contribution in [3.8, 4) is 0 Å². The fourth-order valence-electron chi connectivity index (χ4n) is 2.01. The summed E-state index contributed by atoms with van der Waals surface area (Å²) in [6.45, 7) is 5.36. The summed E-state index contributed by atoms with van der Waals surface area (Å²) < 4.78 is 0. The number of aromatic nitrogens is 1. The van der Waals surface area contributed by atoms with Gasteiger partial charge in [0.15, 0.2) is 0 Å². The largest absolute Gasteiger partial charge is 0.313 e. The Morgan fingerprint density at radius 2 is 2.22 bits per heavy atom. The third-order valence-corrected chi connectivity index (χ3v) is 4.42. The molecule has 0 amide bonds. The average molecular weight is 280 g/mol. The first-order chi connectivity index (χ1) is 8.78. The van der Waals surface area contributed by atoms with E-state index < -0.39 is 0 Å². The SMILES string of the molecule is CCCNC(Cc1ccsc1)Cc1csc(C)n1. The van der Waals surface area contributed by atoms with Gasteiger partial charge in [0, 0.05) is 17.8 Å². The molecule has 0 aliphatic carbocycles. The predicted molar refractivity (Wildman–Crippen MR) is 80.7 cm³/mol. The molecular formula is C14H20N2S2. The van der Waals surface area contributed by atoms with E-state index in [1.54, 1.807) is 22.7 Å². The standard InChI is InChI=1S/C14H20N2S2/c1-3-5-15-13(7-12-4-6-17-9-12)8-14-10-18-11(2)16-14/h4,6,9-10,13,15H,3,5,7-8H2,1-2H3. The van der Waals surface area contributed by atoms with Crippen molar-refractivity contribution in [2.45, 2.75) is 39.2 Å². The Balaban J connectivity index is 1.95. The van der Waals surface area contributed by atoms with Gasteiger partial charge in [0.2, 0.25) is 0 Å². The molecule has 2 aromatic rings. The summed E-state index contributed by atoms with van der Waals surface area (Å²) >= 11 is 3.52. The molecular weight excluding hydrogens is 260 g/mol. The zero-order valence-corrected chi connectivity index (χ0v) is 12.6. The molecule has 0 saturated heterocycles. The molecule has 2 nitrogen and oxygen atoms in total. The molecule has 18 heavy (non-hydrogen) atoms. The molecule has 0 fully saturated rings. The van der Waals surface area contributed by atoms with Crippen LogP contribution in [0.3, 0.4) is 0 Å². The van der Waals surface area contributed by atoms with E-state index in [-0.39, 0.29) is 0 Å². The Kier molecular flexibility index (Phi) is 5.35. The summed E-state index contributed by atoms with van der Waals surface area (Å²) in [7, 11) is 0. The second-order valence-corrected chi connectivity index (χ2v) is 6.39. The molecule has 4 heteroatoms. The van der Waals surface area contributed by atoms with Crippen LogP contribution in [0.25, 0.3) is 0 Å². The van der Waals surface area contributed by atoms with Gasteiger partial charge in [-0.05, 0) is 48.7 Å². The fourth-order valence-corrected chi connectivity index (χ4v) is 3.32. The van der Waals surface area contributed by atoms with Crippen molar-refractivity contribution in [2.75, 3.05) is 6.54 Å². The van der Waals surface area contributed by atoms with Gasteiger partial charge < -0.3 is 5.32 Å². The van der Waals surface area contributed by atoms with E-state index >= 15 is 0 Å². The van der Waals surface area contributed by atoms with Gasteiger partial charge >= 0.3 is 0 Å². The summed E-state index contributed by atoms with van der Waals surface area (Å²) in [6.07, 6.45) is 3.30. The van der Waals surface area contributed by atoms with Crippen LogP contribution < -0.4 is 5.32 Å². The molecule has 0 aromatic carbocycles. The molecule has 1 unspecified atom stereocenters. The molecule has 0 saturated carbocycles. The zero-order valence-electron chi connectivity index (χ0n) is 11.0. The summed E-state index contributed by atoms with van der Waals surface area (Å²) in [4.78, 5) is 4.57. The Bertz CT molecular complexity index is 448. The molecule has 98 valence electrons. The third-order valence-electron chi connectivity index (χ3n) is 2.87. The van der Waals surface area contributed by atoms with Crippen LogP contribution in [0.2, 0.25) is 0 Å². The Morgan fingerprint density at radius 3 is 2.83 bits per heavy atom. The lowest BCUT2D eigenvalue weighted by atomic mass is 10.0. The van der Waals surface area contributed by atoms with Gasteiger partial charge in [0.1, 0.15) is 0 Å². The van der Waals surface area contributed by atoms with Crippen molar-refractivity contribution in [3.63, 3.8) is 0 Å². The summed E-state index contributed by atoms with van der Waals surface area (Å²) in [5.41, 5.74) is 2.65. The molecule has 2 rings (SSSR count). The van der Waals surface area contributed by atoms with Gasteiger partial charge in [0.05, 0.1) is 10.7 Å². The van der Waals surface area contributed by atoms with Crippen molar-refractivity contribution >= 4 is 22.7 Å². The van der Waals surface area contributed by atoms with E-state index in [1.807, 2.05) is 0 Å². The van der Waals surface area contributed by atoms with E-state index in [2.05, 4.69) is 46.4 Å². The number of hydrogen-bond acceptors (Lipinski definition) is 4. The van der Waals surface area contributed by atoms with Crippen LogP contribution in [0, 0.1) is 6.92 Å². The van der Waals surface area contributed by atoms with Gasteiger partial charge in [-0.25, -0.2) is 4.98 Å². The van der Waals surface area contributed by atoms with E-state index in [9.17, 15) is 0 Å². The summed E-state index contributed by atoms with van der Waals surface area (Å²) in [6, 6.07) is 2.72. The van der Waals surface area contributed by atoms with Crippen LogP contribution in [0.5, 0.6) is 0 Å². The number of nitrogens with one attached hydrogen (secondary N) is 1. The second kappa shape index (κ2) is 7.02. The lowest BCUT2D eigenvalue weighted by Gasteiger charge is -2.17. The van der Waals surface area contributed by atoms with Crippen LogP contribution in [0.15, 0.2) is 22.2 Å². The molecule has 0 aliphatic heterocycles. The van der Waals surface area contributed by atoms with Crippen molar-refractivity contribution in [1.29, 1.82) is 0 Å². The van der Waals surface area contributed by atoms with Crippen molar-refractivity contribution < 1.29 is 0 Å². The van der Waals surface area contributed by atoms with E-state index in [4.69, 9.17) is 0 Å². The summed E-state index contributed by atoms with van der Waals surface area (Å²) in [5, 5.41) is 11.4. The van der Waals surface area contributed by atoms with Gasteiger partial charge in [-0.3, -0.25) is 0 Å². The van der Waals surface area contributed by atoms with E-state index in [1.165, 1.54) is 17.7 Å². The van der Waals surface area contributed by atoms with Crippen molar-refractivity contribution in [1.82, 2.24) is 10.3 Å². The lowest BCUT2D eigenvalue weighted by Crippen LogP contribution is -2.33. The maximum Gasteiger partial charge on any atom is 0.0897 e. The highest BCUT2D eigenvalue weighted by molar-refractivity contribution is 7.09. The lowest BCUT2D eigenvalue weighted by molar-refractivity contribution is 0.501. The molecule has 2 heterocycles. The molecule has 1 atom stereocenters. The molecule has 2 aromatic heterocycles. The predicted octanol–water partition coefficient (Wildman–Crippen LogP) is 3.67. The normalized spacial score (nSPS) is 12.8. The maximum atomic E-state index is 4.57. The molecule has 0 bridgehead atoms. The minimum atomic E-state index is 0.501. The van der Waals surface area contributed by atoms with Gasteiger partial charge in [0.25, 0.3) is 0 Å². The fraction of sp³-hybridized carbons (Fsp3) is 0.500. The first kappa shape index (κ1) is 13.7. The average Bonchev–Trinajstić information content (AvgIpc) is 2.98. The molecule has 1 N–H and O–H groups in total. The smallest absolute Gasteiger partial charge is 0.0897 e. The number of thiophene rings is 1. The Labute approximate surface area is 117 Å². The monoisotopic (exact) mass is 280 g/mol. The highest BCUT2D eigenvalue weighted by atomic mass is 32.1. The van der Waals surface area contributed by atoms with E-state index in [0.29, 0.717) is 6.04 Å². The Morgan fingerprint density at radius 1 is 1.33 bits per heavy atom. The number of aryl methyl sites for hydroxylation is 1. The first-order valence-corrected chi connectivity index (χ1v) is 8.25. The van der Waals surface area contributed by atoms with Crippen LogP contribution in [0.1, 0.15) is 29.6 Å². The number of hydrogen-bond donors (Lipinski definition) is 1. The summed E-state index contributed by atoms with van der Waals surface area (Å²) in [5.74, 6) is 0. The van der Waals surface area contributed by atoms with Crippen LogP contribution >= 0.6 is 22.7 Å². The number of nitrogens with zero attached hydrogens (tertiary/aromatic N) is 1. The molecule has 0 aliphatic rings. The number of thiazole rings is 1. The first-order valence-electron chi connectivity index (χ1n) is 6.43. The highest BCUT2D eigenvalue weighted by Gasteiger charge is 2.12. The van der Waals surface area contributed by atoms with E-state index in [0.717, 1.165) is 24.4 Å². The Hall–Kier alpha value is -0.710. The second-order valence-electron chi connectivity index (χ2n) is 4.55. The van der Waals surface area contributed by atoms with Crippen LogP contribution in [0.4, 0.5) is 0 Å². The van der Waals surface area contributed by atoms with Crippen molar-refractivity contribution in [2.24, 2.45) is 0 Å². The highest BCUT2D eigenvalue weighted by Crippen LogP contribution is 2.14. The van der Waals surface area contributed by atoms with Crippen LogP contribution in [-0.4, -0.2) is 17.6 Å². The van der Waals surface area contributed by atoms with Crippen molar-refractivity contribution in [3.05, 3.63) is 38.5 Å². The van der Waals surface area contributed by atoms with Gasteiger partial charge in [-0.2, -0.15) is 11.3 Å². The maximum absolute atomic E-state index is 4.57. The minimum Gasteiger partial charge on any atom is -0.313 e. The topological polar surface area (TPSA) is 24.9 Å². The quantitative estimate of drug-likeness (QED) is 0.837. The number of rotatable bonds is 7. The minimum absolute atomic E-state index is 0.501. The van der Waals surface area contributed by atoms with Crippen LogP contribution in [-0.2, 0) is 12.8 Å². The molecule has 0 radical (unpaired) electrons. The zero-order chi connectivity index (χ0) is 12.8. The van der Waals surface area contributed by atoms with Gasteiger partial charge in [-0.1, -0.05) is 6.92 Å². The third kappa shape index (κ3) is 4.19. The molecule has 0 spiro atoms. The van der Waals surface area contributed by atoms with Gasteiger partial charge in [-0.15, -0.1) is 11.3 Å².